The van der Waals surface area contributed by atoms with Crippen molar-refractivity contribution in [1.29, 1.82) is 0 Å². The predicted octanol–water partition coefficient (Wildman–Crippen LogP) is 6.70. The molecule has 0 atom stereocenters. The van der Waals surface area contributed by atoms with Gasteiger partial charge in [-0.05, 0) is 49.7 Å². The summed E-state index contributed by atoms with van der Waals surface area (Å²) in [5.74, 6) is 0. The molecule has 0 aliphatic carbocycles. The van der Waals surface area contributed by atoms with Gasteiger partial charge in [0.25, 0.3) is 0 Å². The number of hydrogen-bond acceptors (Lipinski definition) is 2. The topological polar surface area (TPSA) is 18.8 Å². The third-order valence-corrected chi connectivity index (χ3v) is 4.64. The van der Waals surface area contributed by atoms with E-state index in [1.807, 2.05) is 31.9 Å². The van der Waals surface area contributed by atoms with Crippen LogP contribution in [0.15, 0.2) is 35.3 Å². The normalized spacial score (nSPS) is 11.9. The number of hydrogen-bond donors (Lipinski definition) is 0. The Hall–Kier alpha value is -1.92. The van der Waals surface area contributed by atoms with Crippen LogP contribution in [0.4, 0.5) is 30.2 Å². The van der Waals surface area contributed by atoms with Gasteiger partial charge >= 0.3 is 6.18 Å². The lowest BCUT2D eigenvalue weighted by Gasteiger charge is -2.23. The quantitative estimate of drug-likeness (QED) is 0.398. The van der Waals surface area contributed by atoms with Crippen molar-refractivity contribution in [3.63, 3.8) is 0 Å². The molecule has 0 N–H and O–H groups in total. The lowest BCUT2D eigenvalue weighted by Crippen LogP contribution is -2.14. The van der Waals surface area contributed by atoms with Crippen LogP contribution in [0.5, 0.6) is 0 Å². The summed E-state index contributed by atoms with van der Waals surface area (Å²) >= 11 is 12.4. The minimum Gasteiger partial charge on any atom is -0.366 e. The van der Waals surface area contributed by atoms with E-state index in [-0.39, 0.29) is 10.7 Å². The van der Waals surface area contributed by atoms with Gasteiger partial charge in [0.05, 0.1) is 28.3 Å². The van der Waals surface area contributed by atoms with Gasteiger partial charge in [-0.25, -0.2) is 4.99 Å². The van der Waals surface area contributed by atoms with E-state index in [0.717, 1.165) is 24.2 Å². The van der Waals surface area contributed by atoms with Gasteiger partial charge in [-0.3, -0.25) is 0 Å². The van der Waals surface area contributed by atoms with E-state index in [1.165, 1.54) is 6.07 Å². The molecule has 0 unspecified atom stereocenters. The maximum atomic E-state index is 13.1. The number of rotatable bonds is 5. The van der Waals surface area contributed by atoms with Crippen LogP contribution in [0.25, 0.3) is 0 Å². The average molecular weight is 418 g/mol. The first-order valence-electron chi connectivity index (χ1n) is 8.19. The number of aliphatic imine (C=N–C) groups is 1. The standard InChI is InChI=1S/C19H20Cl2F3N3/c1-5-26(3)11-25-16-6-12(2)7-17(18(16)21)27(4)15-9-13(19(22,23)24)8-14(20)10-15/h6-11H,5H2,1-4H3. The van der Waals surface area contributed by atoms with Crippen LogP contribution in [0.2, 0.25) is 10.0 Å². The SMILES string of the molecule is CCN(C)C=Nc1cc(C)cc(N(C)c2cc(Cl)cc(C(F)(F)F)c2)c1Cl. The Morgan fingerprint density at radius 1 is 1.07 bits per heavy atom. The highest BCUT2D eigenvalue weighted by Crippen LogP contribution is 2.41. The molecular weight excluding hydrogens is 398 g/mol. The molecule has 8 heteroatoms. The summed E-state index contributed by atoms with van der Waals surface area (Å²) in [5, 5.41) is 0.343. The van der Waals surface area contributed by atoms with Crippen molar-refractivity contribution < 1.29 is 13.2 Å². The van der Waals surface area contributed by atoms with E-state index in [4.69, 9.17) is 23.2 Å². The van der Waals surface area contributed by atoms with Gasteiger partial charge < -0.3 is 9.80 Å². The second kappa shape index (κ2) is 8.40. The first-order valence-corrected chi connectivity index (χ1v) is 8.94. The molecule has 3 nitrogen and oxygen atoms in total. The Kier molecular flexibility index (Phi) is 6.65. The smallest absolute Gasteiger partial charge is 0.366 e. The molecule has 0 aliphatic heterocycles. The Morgan fingerprint density at radius 2 is 1.74 bits per heavy atom. The first-order chi connectivity index (χ1) is 12.5. The van der Waals surface area contributed by atoms with Crippen molar-refractivity contribution in [1.82, 2.24) is 4.90 Å². The summed E-state index contributed by atoms with van der Waals surface area (Å²) in [7, 11) is 3.52. The van der Waals surface area contributed by atoms with E-state index in [0.29, 0.717) is 16.4 Å². The highest BCUT2D eigenvalue weighted by molar-refractivity contribution is 6.36. The zero-order valence-corrected chi connectivity index (χ0v) is 16.9. The summed E-state index contributed by atoms with van der Waals surface area (Å²) in [6, 6.07) is 7.01. The fraction of sp³-hybridized carbons (Fsp3) is 0.316. The van der Waals surface area contributed by atoms with Gasteiger partial charge in [0.15, 0.2) is 0 Å². The molecule has 146 valence electrons. The fourth-order valence-corrected chi connectivity index (χ4v) is 2.90. The maximum Gasteiger partial charge on any atom is 0.416 e. The molecular formula is C19H20Cl2F3N3. The minimum absolute atomic E-state index is 0.00161. The zero-order valence-electron chi connectivity index (χ0n) is 15.4. The molecule has 0 saturated heterocycles. The molecule has 0 bridgehead atoms. The first kappa shape index (κ1) is 21.4. The van der Waals surface area contributed by atoms with E-state index < -0.39 is 11.7 Å². The van der Waals surface area contributed by atoms with Crippen LogP contribution in [0.3, 0.4) is 0 Å². The van der Waals surface area contributed by atoms with Crippen molar-refractivity contribution in [2.75, 3.05) is 25.5 Å². The van der Waals surface area contributed by atoms with Gasteiger partial charge in [0.2, 0.25) is 0 Å². The van der Waals surface area contributed by atoms with E-state index >= 15 is 0 Å². The molecule has 2 aromatic rings. The number of alkyl halides is 3. The Labute approximate surface area is 167 Å². The van der Waals surface area contributed by atoms with Gasteiger partial charge in [0, 0.05) is 31.4 Å². The fourth-order valence-electron chi connectivity index (χ4n) is 2.38. The number of aryl methyl sites for hydroxylation is 1. The van der Waals surface area contributed by atoms with Crippen LogP contribution < -0.4 is 4.90 Å². The summed E-state index contributed by atoms with van der Waals surface area (Å²) < 4.78 is 39.3. The largest absolute Gasteiger partial charge is 0.416 e. The van der Waals surface area contributed by atoms with Crippen molar-refractivity contribution in [2.24, 2.45) is 4.99 Å². The summed E-state index contributed by atoms with van der Waals surface area (Å²) in [5.41, 5.74) is 1.42. The number of nitrogens with zero attached hydrogens (tertiary/aromatic N) is 3. The Morgan fingerprint density at radius 3 is 2.33 bits per heavy atom. The number of benzene rings is 2. The van der Waals surface area contributed by atoms with Crippen molar-refractivity contribution in [2.45, 2.75) is 20.0 Å². The van der Waals surface area contributed by atoms with Crippen LogP contribution >= 0.6 is 23.2 Å². The molecule has 0 fully saturated rings. The highest BCUT2D eigenvalue weighted by Gasteiger charge is 2.31. The van der Waals surface area contributed by atoms with Gasteiger partial charge in [-0.2, -0.15) is 13.2 Å². The Balaban J connectivity index is 2.51. The number of halogens is 5. The van der Waals surface area contributed by atoms with E-state index in [2.05, 4.69) is 4.99 Å². The second-order valence-corrected chi connectivity index (χ2v) is 7.00. The van der Waals surface area contributed by atoms with Crippen LogP contribution in [0.1, 0.15) is 18.1 Å². The van der Waals surface area contributed by atoms with Crippen LogP contribution in [-0.4, -0.2) is 31.9 Å². The molecule has 0 amide bonds. The molecule has 2 aromatic carbocycles. The maximum absolute atomic E-state index is 13.1. The molecule has 27 heavy (non-hydrogen) atoms. The predicted molar refractivity (Wildman–Crippen MR) is 107 cm³/mol. The molecule has 0 aromatic heterocycles. The molecule has 0 radical (unpaired) electrons. The van der Waals surface area contributed by atoms with Gasteiger partial charge in [-0.15, -0.1) is 0 Å². The molecule has 2 rings (SSSR count). The molecule has 0 aliphatic rings. The lowest BCUT2D eigenvalue weighted by molar-refractivity contribution is -0.137. The Bertz CT molecular complexity index is 851. The van der Waals surface area contributed by atoms with E-state index in [9.17, 15) is 13.2 Å². The van der Waals surface area contributed by atoms with Crippen molar-refractivity contribution >= 4 is 46.6 Å². The summed E-state index contributed by atoms with van der Waals surface area (Å²) in [4.78, 5) is 7.84. The number of anilines is 2. The molecule has 0 spiro atoms. The third-order valence-electron chi connectivity index (χ3n) is 4.03. The minimum atomic E-state index is -4.49. The average Bonchev–Trinajstić information content (AvgIpc) is 2.59. The van der Waals surface area contributed by atoms with Crippen LogP contribution in [0, 0.1) is 6.92 Å². The van der Waals surface area contributed by atoms with Gasteiger partial charge in [-0.1, -0.05) is 23.2 Å². The summed E-state index contributed by atoms with van der Waals surface area (Å²) in [6.45, 7) is 4.64. The van der Waals surface area contributed by atoms with Crippen molar-refractivity contribution in [3.05, 3.63) is 51.5 Å². The highest BCUT2D eigenvalue weighted by atomic mass is 35.5. The second-order valence-electron chi connectivity index (χ2n) is 6.19. The summed E-state index contributed by atoms with van der Waals surface area (Å²) in [6.07, 6.45) is -2.83. The van der Waals surface area contributed by atoms with Crippen LogP contribution in [-0.2, 0) is 6.18 Å². The monoisotopic (exact) mass is 417 g/mol. The van der Waals surface area contributed by atoms with Crippen molar-refractivity contribution in [3.8, 4) is 0 Å². The third kappa shape index (κ3) is 5.30. The van der Waals surface area contributed by atoms with E-state index in [1.54, 1.807) is 24.4 Å². The van der Waals surface area contributed by atoms with Gasteiger partial charge in [0.1, 0.15) is 0 Å². The zero-order chi connectivity index (χ0) is 20.4. The molecule has 0 saturated carbocycles. The molecule has 0 heterocycles. The lowest BCUT2D eigenvalue weighted by atomic mass is 10.1.